The molecule has 18 heavy (non-hydrogen) atoms. The molecule has 0 unspecified atom stereocenters. The van der Waals surface area contributed by atoms with Crippen molar-refractivity contribution in [2.75, 3.05) is 25.2 Å². The molecule has 1 heterocycles. The van der Waals surface area contributed by atoms with E-state index in [4.69, 9.17) is 4.74 Å². The molecule has 0 N–H and O–H groups in total. The van der Waals surface area contributed by atoms with Crippen LogP contribution < -0.4 is 4.74 Å². The van der Waals surface area contributed by atoms with Crippen molar-refractivity contribution in [3.05, 3.63) is 29.8 Å². The second kappa shape index (κ2) is 5.28. The summed E-state index contributed by atoms with van der Waals surface area (Å²) in [4.78, 5) is 2.20. The summed E-state index contributed by atoms with van der Waals surface area (Å²) in [5.74, 6) is 1.36. The van der Waals surface area contributed by atoms with Gasteiger partial charge in [0, 0.05) is 19.1 Å². The predicted molar refractivity (Wildman–Crippen MR) is 71.5 cm³/mol. The largest absolute Gasteiger partial charge is 0.497 e. The Balaban J connectivity index is 2.05. The predicted octanol–water partition coefficient (Wildman–Crippen LogP) is 1.31. The van der Waals surface area contributed by atoms with Crippen molar-refractivity contribution < 1.29 is 13.2 Å². The zero-order valence-corrected chi connectivity index (χ0v) is 11.6. The van der Waals surface area contributed by atoms with Crippen molar-refractivity contribution >= 4 is 9.84 Å². The van der Waals surface area contributed by atoms with Gasteiger partial charge in [0.25, 0.3) is 0 Å². The highest BCUT2D eigenvalue weighted by atomic mass is 32.2. The molecular weight excluding hydrogens is 250 g/mol. The van der Waals surface area contributed by atoms with E-state index >= 15 is 0 Å². The zero-order chi connectivity index (χ0) is 13.2. The second-order valence-electron chi connectivity index (χ2n) is 4.79. The zero-order valence-electron chi connectivity index (χ0n) is 10.8. The summed E-state index contributed by atoms with van der Waals surface area (Å²) in [6, 6.07) is 7.98. The number of ether oxygens (including phenoxy) is 1. The van der Waals surface area contributed by atoms with E-state index in [1.54, 1.807) is 7.11 Å². The van der Waals surface area contributed by atoms with Gasteiger partial charge in [-0.05, 0) is 24.6 Å². The number of sulfone groups is 1. The van der Waals surface area contributed by atoms with E-state index in [9.17, 15) is 8.42 Å². The van der Waals surface area contributed by atoms with Gasteiger partial charge in [0.2, 0.25) is 0 Å². The molecule has 1 aromatic carbocycles. The third-order valence-corrected chi connectivity index (χ3v) is 5.12. The smallest absolute Gasteiger partial charge is 0.153 e. The summed E-state index contributed by atoms with van der Waals surface area (Å²) in [7, 11) is -1.19. The Morgan fingerprint density at radius 3 is 2.89 bits per heavy atom. The van der Waals surface area contributed by atoms with Crippen LogP contribution in [0.2, 0.25) is 0 Å². The van der Waals surface area contributed by atoms with Crippen LogP contribution in [0, 0.1) is 0 Å². The normalized spacial score (nSPS) is 23.8. The van der Waals surface area contributed by atoms with Crippen molar-refractivity contribution in [3.63, 3.8) is 0 Å². The summed E-state index contributed by atoms with van der Waals surface area (Å²) in [6.07, 6.45) is 0. The highest BCUT2D eigenvalue weighted by molar-refractivity contribution is 7.91. The third-order valence-electron chi connectivity index (χ3n) is 3.33. The molecule has 5 heteroatoms. The molecule has 1 fully saturated rings. The first-order valence-corrected chi connectivity index (χ1v) is 7.90. The van der Waals surface area contributed by atoms with Crippen molar-refractivity contribution in [1.82, 2.24) is 4.90 Å². The minimum atomic E-state index is -2.84. The topological polar surface area (TPSA) is 46.6 Å². The lowest BCUT2D eigenvalue weighted by molar-refractivity contribution is 0.218. The summed E-state index contributed by atoms with van der Waals surface area (Å²) in [5, 5.41) is 0. The Morgan fingerprint density at radius 1 is 1.44 bits per heavy atom. The number of hydrogen-bond acceptors (Lipinski definition) is 4. The third kappa shape index (κ3) is 3.23. The van der Waals surface area contributed by atoms with Crippen LogP contribution in [-0.2, 0) is 16.4 Å². The lowest BCUT2D eigenvalue weighted by atomic mass is 10.2. The Labute approximate surface area is 108 Å². The first-order valence-electron chi connectivity index (χ1n) is 6.07. The fourth-order valence-electron chi connectivity index (χ4n) is 2.27. The molecule has 100 valence electrons. The van der Waals surface area contributed by atoms with Gasteiger partial charge < -0.3 is 4.74 Å². The van der Waals surface area contributed by atoms with Crippen LogP contribution in [0.4, 0.5) is 0 Å². The fraction of sp³-hybridized carbons (Fsp3) is 0.538. The Morgan fingerprint density at radius 2 is 2.22 bits per heavy atom. The molecule has 1 atom stereocenters. The van der Waals surface area contributed by atoms with Crippen LogP contribution >= 0.6 is 0 Å². The second-order valence-corrected chi connectivity index (χ2v) is 7.01. The Kier molecular flexibility index (Phi) is 3.92. The number of methoxy groups -OCH3 is 1. The van der Waals surface area contributed by atoms with E-state index in [1.807, 2.05) is 31.2 Å². The van der Waals surface area contributed by atoms with E-state index in [1.165, 1.54) is 0 Å². The molecule has 1 aliphatic heterocycles. The molecule has 0 radical (unpaired) electrons. The van der Waals surface area contributed by atoms with Crippen molar-refractivity contribution in [3.8, 4) is 5.75 Å². The molecule has 0 aliphatic carbocycles. The average molecular weight is 269 g/mol. The van der Waals surface area contributed by atoms with Crippen LogP contribution in [0.1, 0.15) is 12.5 Å². The maximum Gasteiger partial charge on any atom is 0.153 e. The molecule has 0 bridgehead atoms. The van der Waals surface area contributed by atoms with Gasteiger partial charge >= 0.3 is 0 Å². The average Bonchev–Trinajstić information content (AvgIpc) is 2.32. The number of benzene rings is 1. The van der Waals surface area contributed by atoms with Gasteiger partial charge in [-0.25, -0.2) is 8.42 Å². The molecule has 0 saturated carbocycles. The first-order chi connectivity index (χ1) is 8.50. The van der Waals surface area contributed by atoms with E-state index < -0.39 is 9.84 Å². The lowest BCUT2D eigenvalue weighted by Gasteiger charge is -2.33. The number of rotatable bonds is 3. The Hall–Kier alpha value is -1.07. The molecule has 1 aliphatic rings. The van der Waals surface area contributed by atoms with E-state index in [0.29, 0.717) is 6.54 Å². The Bertz CT molecular complexity index is 513. The molecule has 0 aromatic heterocycles. The standard InChI is InChI=1S/C13H19NO3S/c1-11-10-18(15,16)7-6-14(11)9-12-4-3-5-13(8-12)17-2/h3-5,8,11H,6-7,9-10H2,1-2H3/t11-/m0/s1. The molecule has 0 spiro atoms. The lowest BCUT2D eigenvalue weighted by Crippen LogP contribution is -2.46. The van der Waals surface area contributed by atoms with Crippen LogP contribution in [0.15, 0.2) is 24.3 Å². The summed E-state index contributed by atoms with van der Waals surface area (Å²) in [5.41, 5.74) is 1.15. The van der Waals surface area contributed by atoms with E-state index in [-0.39, 0.29) is 17.5 Å². The van der Waals surface area contributed by atoms with Gasteiger partial charge in [-0.2, -0.15) is 0 Å². The SMILES string of the molecule is COc1cccc(CN2CCS(=O)(=O)C[C@@H]2C)c1. The van der Waals surface area contributed by atoms with Crippen LogP contribution in [-0.4, -0.2) is 44.5 Å². The molecule has 2 rings (SSSR count). The molecule has 1 saturated heterocycles. The van der Waals surface area contributed by atoms with Gasteiger partial charge in [-0.15, -0.1) is 0 Å². The van der Waals surface area contributed by atoms with Crippen LogP contribution in [0.25, 0.3) is 0 Å². The van der Waals surface area contributed by atoms with E-state index in [2.05, 4.69) is 4.90 Å². The highest BCUT2D eigenvalue weighted by Crippen LogP contribution is 2.18. The molecule has 4 nitrogen and oxygen atoms in total. The molecular formula is C13H19NO3S. The first kappa shape index (κ1) is 13.4. The quantitative estimate of drug-likeness (QED) is 0.830. The molecule has 1 aromatic rings. The fourth-order valence-corrected chi connectivity index (χ4v) is 3.90. The van der Waals surface area contributed by atoms with Crippen LogP contribution in [0.3, 0.4) is 0 Å². The van der Waals surface area contributed by atoms with Crippen molar-refractivity contribution in [1.29, 1.82) is 0 Å². The summed E-state index contributed by atoms with van der Waals surface area (Å²) >= 11 is 0. The van der Waals surface area contributed by atoms with Crippen LogP contribution in [0.5, 0.6) is 5.75 Å². The summed E-state index contributed by atoms with van der Waals surface area (Å²) < 4.78 is 28.2. The highest BCUT2D eigenvalue weighted by Gasteiger charge is 2.27. The number of hydrogen-bond donors (Lipinski definition) is 0. The maximum absolute atomic E-state index is 11.5. The van der Waals surface area contributed by atoms with Crippen molar-refractivity contribution in [2.24, 2.45) is 0 Å². The minimum absolute atomic E-state index is 0.0787. The van der Waals surface area contributed by atoms with Gasteiger partial charge in [0.15, 0.2) is 9.84 Å². The van der Waals surface area contributed by atoms with Gasteiger partial charge in [0.1, 0.15) is 5.75 Å². The van der Waals surface area contributed by atoms with E-state index in [0.717, 1.165) is 17.9 Å². The molecule has 0 amide bonds. The number of nitrogens with zero attached hydrogens (tertiary/aromatic N) is 1. The van der Waals surface area contributed by atoms with Gasteiger partial charge in [-0.1, -0.05) is 12.1 Å². The minimum Gasteiger partial charge on any atom is -0.497 e. The maximum atomic E-state index is 11.5. The van der Waals surface area contributed by atoms with Gasteiger partial charge in [0.05, 0.1) is 18.6 Å². The van der Waals surface area contributed by atoms with Gasteiger partial charge in [-0.3, -0.25) is 4.90 Å². The monoisotopic (exact) mass is 269 g/mol. The van der Waals surface area contributed by atoms with Crippen molar-refractivity contribution in [2.45, 2.75) is 19.5 Å². The summed E-state index contributed by atoms with van der Waals surface area (Å²) in [6.45, 7) is 3.35.